The molecule has 0 fully saturated rings. The third-order valence-corrected chi connectivity index (χ3v) is 2.97. The van der Waals surface area contributed by atoms with E-state index in [4.69, 9.17) is 5.11 Å². The third-order valence-electron chi connectivity index (χ3n) is 2.36. The van der Waals surface area contributed by atoms with Gasteiger partial charge in [-0.3, -0.25) is 4.79 Å². The summed E-state index contributed by atoms with van der Waals surface area (Å²) in [6, 6.07) is 2.84. The molecule has 1 amide bonds. The Kier molecular flexibility index (Phi) is 5.27. The van der Waals surface area contributed by atoms with Crippen LogP contribution in [0.4, 0.5) is 4.39 Å². The highest BCUT2D eigenvalue weighted by Crippen LogP contribution is 2.17. The van der Waals surface area contributed by atoms with Crippen LogP contribution in [0.15, 0.2) is 22.7 Å². The molecule has 18 heavy (non-hydrogen) atoms. The van der Waals surface area contributed by atoms with Gasteiger partial charge in [-0.05, 0) is 40.5 Å². The van der Waals surface area contributed by atoms with Gasteiger partial charge >= 0.3 is 5.97 Å². The number of benzene rings is 1. The number of halogens is 2. The minimum Gasteiger partial charge on any atom is -0.480 e. The Morgan fingerprint density at radius 3 is 2.67 bits per heavy atom. The van der Waals surface area contributed by atoms with Gasteiger partial charge in [-0.2, -0.15) is 0 Å². The van der Waals surface area contributed by atoms with Crippen LogP contribution >= 0.6 is 15.9 Å². The highest BCUT2D eigenvalue weighted by atomic mass is 79.9. The van der Waals surface area contributed by atoms with Gasteiger partial charge in [0.25, 0.3) is 5.91 Å². The molecule has 0 bridgehead atoms. The summed E-state index contributed by atoms with van der Waals surface area (Å²) in [5, 5.41) is 11.3. The van der Waals surface area contributed by atoms with Crippen molar-refractivity contribution >= 4 is 27.8 Å². The molecule has 6 heteroatoms. The summed E-state index contributed by atoms with van der Waals surface area (Å²) in [6.45, 7) is 1.83. The van der Waals surface area contributed by atoms with Crippen LogP contribution in [0, 0.1) is 5.82 Å². The van der Waals surface area contributed by atoms with Crippen molar-refractivity contribution in [3.8, 4) is 0 Å². The van der Waals surface area contributed by atoms with E-state index in [9.17, 15) is 14.0 Å². The predicted octanol–water partition coefficient (Wildman–Crippen LogP) is 2.57. The molecule has 0 spiro atoms. The second-order valence-corrected chi connectivity index (χ2v) is 4.64. The summed E-state index contributed by atoms with van der Waals surface area (Å²) in [5.74, 6) is -2.09. The van der Waals surface area contributed by atoms with Crippen LogP contribution in [0.2, 0.25) is 0 Å². The first-order valence-electron chi connectivity index (χ1n) is 5.44. The highest BCUT2D eigenvalue weighted by Gasteiger charge is 2.19. The zero-order valence-electron chi connectivity index (χ0n) is 9.74. The number of carbonyl (C=O) groups excluding carboxylic acids is 1. The van der Waals surface area contributed by atoms with Crippen molar-refractivity contribution in [2.24, 2.45) is 0 Å². The maximum Gasteiger partial charge on any atom is 0.326 e. The Balaban J connectivity index is 2.80. The lowest BCUT2D eigenvalue weighted by molar-refractivity contribution is -0.139. The highest BCUT2D eigenvalue weighted by molar-refractivity contribution is 9.10. The zero-order valence-corrected chi connectivity index (χ0v) is 11.3. The summed E-state index contributed by atoms with van der Waals surface area (Å²) >= 11 is 2.97. The van der Waals surface area contributed by atoms with E-state index in [-0.39, 0.29) is 10.0 Å². The summed E-state index contributed by atoms with van der Waals surface area (Å²) in [4.78, 5) is 22.7. The van der Waals surface area contributed by atoms with Crippen molar-refractivity contribution in [3.63, 3.8) is 0 Å². The molecule has 1 aromatic rings. The van der Waals surface area contributed by atoms with Crippen LogP contribution in [0.3, 0.4) is 0 Å². The van der Waals surface area contributed by atoms with Crippen molar-refractivity contribution in [3.05, 3.63) is 34.1 Å². The number of aliphatic carboxylic acids is 1. The molecule has 1 aromatic carbocycles. The average molecular weight is 318 g/mol. The maximum absolute atomic E-state index is 13.0. The van der Waals surface area contributed by atoms with Crippen molar-refractivity contribution in [1.82, 2.24) is 5.32 Å². The molecule has 2 N–H and O–H groups in total. The molecule has 0 aliphatic carbocycles. The van der Waals surface area contributed by atoms with E-state index in [1.807, 2.05) is 6.92 Å². The fourth-order valence-electron chi connectivity index (χ4n) is 1.43. The normalized spacial score (nSPS) is 11.9. The van der Waals surface area contributed by atoms with E-state index < -0.39 is 23.7 Å². The zero-order chi connectivity index (χ0) is 13.7. The minimum atomic E-state index is -1.08. The van der Waals surface area contributed by atoms with Crippen molar-refractivity contribution in [2.45, 2.75) is 25.8 Å². The Morgan fingerprint density at radius 2 is 2.17 bits per heavy atom. The molecule has 1 rings (SSSR count). The number of hydrogen-bond acceptors (Lipinski definition) is 2. The quantitative estimate of drug-likeness (QED) is 0.877. The molecule has 1 unspecified atom stereocenters. The van der Waals surface area contributed by atoms with Gasteiger partial charge in [0.1, 0.15) is 11.9 Å². The minimum absolute atomic E-state index is 0.164. The van der Waals surface area contributed by atoms with Crippen LogP contribution in [-0.4, -0.2) is 23.0 Å². The average Bonchev–Trinajstić information content (AvgIpc) is 2.31. The van der Waals surface area contributed by atoms with Gasteiger partial charge in [0.05, 0.1) is 4.47 Å². The Labute approximate surface area is 112 Å². The number of carbonyl (C=O) groups is 2. The van der Waals surface area contributed by atoms with Crippen LogP contribution in [0.5, 0.6) is 0 Å². The lowest BCUT2D eigenvalue weighted by Crippen LogP contribution is -2.40. The molecule has 0 radical (unpaired) electrons. The van der Waals surface area contributed by atoms with Crippen molar-refractivity contribution < 1.29 is 19.1 Å². The van der Waals surface area contributed by atoms with E-state index in [0.717, 1.165) is 6.07 Å². The monoisotopic (exact) mass is 317 g/mol. The summed E-state index contributed by atoms with van der Waals surface area (Å²) in [6.07, 6.45) is 0.994. The molecule has 4 nitrogen and oxygen atoms in total. The van der Waals surface area contributed by atoms with E-state index in [0.29, 0.717) is 12.8 Å². The number of carboxylic acids is 1. The third kappa shape index (κ3) is 3.80. The second kappa shape index (κ2) is 6.49. The van der Waals surface area contributed by atoms with Crippen LogP contribution < -0.4 is 5.32 Å². The van der Waals surface area contributed by atoms with E-state index in [1.165, 1.54) is 12.1 Å². The largest absolute Gasteiger partial charge is 0.480 e. The number of amides is 1. The first-order valence-corrected chi connectivity index (χ1v) is 6.23. The number of nitrogens with one attached hydrogen (secondary N) is 1. The molecule has 0 aliphatic heterocycles. The second-order valence-electron chi connectivity index (χ2n) is 3.78. The van der Waals surface area contributed by atoms with Crippen LogP contribution in [0.25, 0.3) is 0 Å². The Bertz CT molecular complexity index is 465. The lowest BCUT2D eigenvalue weighted by Gasteiger charge is -2.13. The molecule has 0 aromatic heterocycles. The first kappa shape index (κ1) is 14.6. The van der Waals surface area contributed by atoms with Gasteiger partial charge in [0, 0.05) is 5.56 Å². The fourth-order valence-corrected chi connectivity index (χ4v) is 1.80. The summed E-state index contributed by atoms with van der Waals surface area (Å²) < 4.78 is 13.2. The van der Waals surface area contributed by atoms with Crippen LogP contribution in [0.1, 0.15) is 30.1 Å². The fraction of sp³-hybridized carbons (Fsp3) is 0.333. The molecular formula is C12H13BrFNO3. The summed E-state index contributed by atoms with van der Waals surface area (Å²) in [5.41, 5.74) is 0.214. The Morgan fingerprint density at radius 1 is 1.50 bits per heavy atom. The predicted molar refractivity (Wildman–Crippen MR) is 67.9 cm³/mol. The van der Waals surface area contributed by atoms with Crippen LogP contribution in [-0.2, 0) is 4.79 Å². The topological polar surface area (TPSA) is 66.4 Å². The lowest BCUT2D eigenvalue weighted by atomic mass is 10.1. The molecule has 1 atom stereocenters. The van der Waals surface area contributed by atoms with Gasteiger partial charge in [-0.25, -0.2) is 9.18 Å². The van der Waals surface area contributed by atoms with E-state index >= 15 is 0 Å². The summed E-state index contributed by atoms with van der Waals surface area (Å²) in [7, 11) is 0. The molecular weight excluding hydrogens is 305 g/mol. The molecule has 0 heterocycles. The van der Waals surface area contributed by atoms with Gasteiger partial charge in [-0.15, -0.1) is 0 Å². The van der Waals surface area contributed by atoms with Gasteiger partial charge in [0.2, 0.25) is 0 Å². The Hall–Kier alpha value is -1.43. The molecule has 0 saturated heterocycles. The van der Waals surface area contributed by atoms with E-state index in [1.54, 1.807) is 0 Å². The number of rotatable bonds is 5. The van der Waals surface area contributed by atoms with Gasteiger partial charge in [-0.1, -0.05) is 13.3 Å². The molecule has 0 aliphatic rings. The number of carboxylic acid groups (broad SMARTS) is 1. The van der Waals surface area contributed by atoms with Crippen molar-refractivity contribution in [2.75, 3.05) is 0 Å². The van der Waals surface area contributed by atoms with Gasteiger partial charge < -0.3 is 10.4 Å². The van der Waals surface area contributed by atoms with Gasteiger partial charge in [0.15, 0.2) is 0 Å². The molecule has 98 valence electrons. The van der Waals surface area contributed by atoms with Crippen molar-refractivity contribution in [1.29, 1.82) is 0 Å². The SMILES string of the molecule is CCCC(NC(=O)c1ccc(F)c(Br)c1)C(=O)O. The maximum atomic E-state index is 13.0. The smallest absolute Gasteiger partial charge is 0.326 e. The van der Waals surface area contributed by atoms with E-state index in [2.05, 4.69) is 21.2 Å². The first-order chi connectivity index (χ1) is 8.45. The number of hydrogen-bond donors (Lipinski definition) is 2. The standard InChI is InChI=1S/C12H13BrFNO3/c1-2-3-10(12(17)18)15-11(16)7-4-5-9(14)8(13)6-7/h4-6,10H,2-3H2,1H3,(H,15,16)(H,17,18). The molecule has 0 saturated carbocycles.